The number of ether oxygens (including phenoxy) is 1. The highest BCUT2D eigenvalue weighted by Gasteiger charge is 2.09. The molecule has 0 saturated heterocycles. The molecule has 0 atom stereocenters. The number of carbonyl (C=O) groups excluding carboxylic acids is 1. The SMILES string of the molecule is CC(=O)Oc1coc2cccc(=O)c-2c1. The molecule has 15 heavy (non-hydrogen) atoms. The third-order valence-corrected chi connectivity index (χ3v) is 1.88. The molecule has 0 aromatic carbocycles. The molecular weight excluding hydrogens is 196 g/mol. The average molecular weight is 204 g/mol. The van der Waals surface area contributed by atoms with Crippen LogP contribution in [0.25, 0.3) is 11.3 Å². The van der Waals surface area contributed by atoms with Crippen LogP contribution in [0.15, 0.2) is 39.7 Å². The van der Waals surface area contributed by atoms with Crippen LogP contribution in [0.1, 0.15) is 6.92 Å². The third-order valence-electron chi connectivity index (χ3n) is 1.88. The molecule has 0 spiro atoms. The summed E-state index contributed by atoms with van der Waals surface area (Å²) in [6, 6.07) is 6.20. The summed E-state index contributed by atoms with van der Waals surface area (Å²) in [5, 5.41) is 0. The van der Waals surface area contributed by atoms with Crippen LogP contribution in [-0.2, 0) is 4.79 Å². The molecule has 4 heteroatoms. The van der Waals surface area contributed by atoms with Crippen LogP contribution in [0.4, 0.5) is 0 Å². The molecule has 1 aliphatic heterocycles. The van der Waals surface area contributed by atoms with E-state index in [0.29, 0.717) is 11.3 Å². The molecule has 2 aliphatic rings. The lowest BCUT2D eigenvalue weighted by Gasteiger charge is -2.05. The summed E-state index contributed by atoms with van der Waals surface area (Å²) in [5.41, 5.74) is 0.238. The van der Waals surface area contributed by atoms with Crippen molar-refractivity contribution < 1.29 is 13.9 Å². The fourth-order valence-corrected chi connectivity index (χ4v) is 1.29. The highest BCUT2D eigenvalue weighted by molar-refractivity contribution is 5.70. The summed E-state index contributed by atoms with van der Waals surface area (Å²) in [4.78, 5) is 22.1. The number of rotatable bonds is 1. The van der Waals surface area contributed by atoms with Crippen LogP contribution in [0, 0.1) is 0 Å². The maximum absolute atomic E-state index is 11.4. The van der Waals surface area contributed by atoms with Gasteiger partial charge in [-0.15, -0.1) is 0 Å². The molecule has 1 aliphatic carbocycles. The molecule has 0 fully saturated rings. The Morgan fingerprint density at radius 3 is 2.93 bits per heavy atom. The Balaban J connectivity index is 2.55. The maximum Gasteiger partial charge on any atom is 0.308 e. The zero-order valence-corrected chi connectivity index (χ0v) is 8.02. The third kappa shape index (κ3) is 1.88. The van der Waals surface area contributed by atoms with E-state index in [1.165, 1.54) is 25.3 Å². The van der Waals surface area contributed by atoms with E-state index in [2.05, 4.69) is 0 Å². The van der Waals surface area contributed by atoms with Gasteiger partial charge in [-0.2, -0.15) is 0 Å². The van der Waals surface area contributed by atoms with E-state index in [4.69, 9.17) is 9.15 Å². The summed E-state index contributed by atoms with van der Waals surface area (Å²) < 4.78 is 9.95. The molecule has 0 amide bonds. The first-order chi connectivity index (χ1) is 7.16. The summed E-state index contributed by atoms with van der Waals surface area (Å²) in [6.07, 6.45) is 1.29. The average Bonchev–Trinajstić information content (AvgIpc) is 2.18. The monoisotopic (exact) mass is 204 g/mol. The lowest BCUT2D eigenvalue weighted by atomic mass is 10.1. The molecule has 0 aromatic rings. The van der Waals surface area contributed by atoms with Crippen LogP contribution in [0.2, 0.25) is 0 Å². The van der Waals surface area contributed by atoms with Crippen molar-refractivity contribution in [3.63, 3.8) is 0 Å². The zero-order chi connectivity index (χ0) is 10.8. The molecule has 1 heterocycles. The van der Waals surface area contributed by atoms with E-state index < -0.39 is 5.97 Å². The summed E-state index contributed by atoms with van der Waals surface area (Å²) in [6.45, 7) is 1.29. The minimum Gasteiger partial charge on any atom is -0.460 e. The largest absolute Gasteiger partial charge is 0.460 e. The van der Waals surface area contributed by atoms with Gasteiger partial charge < -0.3 is 9.15 Å². The minimum absolute atomic E-state index is 0.162. The smallest absolute Gasteiger partial charge is 0.308 e. The van der Waals surface area contributed by atoms with Gasteiger partial charge in [-0.05, 0) is 18.2 Å². The molecule has 0 radical (unpaired) electrons. The van der Waals surface area contributed by atoms with E-state index in [1.807, 2.05) is 0 Å². The van der Waals surface area contributed by atoms with E-state index in [9.17, 15) is 9.59 Å². The Kier molecular flexibility index (Phi) is 2.25. The van der Waals surface area contributed by atoms with Gasteiger partial charge in [0.15, 0.2) is 11.2 Å². The van der Waals surface area contributed by atoms with Crippen LogP contribution >= 0.6 is 0 Å². The van der Waals surface area contributed by atoms with E-state index >= 15 is 0 Å². The van der Waals surface area contributed by atoms with Gasteiger partial charge in [0.25, 0.3) is 0 Å². The Hall–Kier alpha value is -2.10. The van der Waals surface area contributed by atoms with Crippen LogP contribution in [0.5, 0.6) is 5.75 Å². The predicted molar refractivity (Wildman–Crippen MR) is 52.9 cm³/mol. The minimum atomic E-state index is -0.451. The molecule has 0 unspecified atom stereocenters. The van der Waals surface area contributed by atoms with Gasteiger partial charge in [0, 0.05) is 6.92 Å². The number of benzene rings is 1. The summed E-state index contributed by atoms with van der Waals surface area (Å²) >= 11 is 0. The first-order valence-corrected chi connectivity index (χ1v) is 4.37. The quantitative estimate of drug-likeness (QED) is 0.663. The van der Waals surface area contributed by atoms with Gasteiger partial charge in [0.05, 0.1) is 5.56 Å². The Morgan fingerprint density at radius 1 is 1.40 bits per heavy atom. The summed E-state index contributed by atoms with van der Waals surface area (Å²) in [5.74, 6) is 0.254. The Morgan fingerprint density at radius 2 is 2.20 bits per heavy atom. The first kappa shape index (κ1) is 9.45. The number of hydrogen-bond donors (Lipinski definition) is 0. The van der Waals surface area contributed by atoms with Gasteiger partial charge in [-0.1, -0.05) is 6.07 Å². The predicted octanol–water partition coefficient (Wildman–Crippen LogP) is 1.67. The molecule has 0 saturated carbocycles. The second-order valence-corrected chi connectivity index (χ2v) is 3.04. The maximum atomic E-state index is 11.4. The Labute approximate surface area is 85.4 Å². The van der Waals surface area contributed by atoms with Crippen molar-refractivity contribution in [2.75, 3.05) is 0 Å². The lowest BCUT2D eigenvalue weighted by molar-refractivity contribution is -0.131. The van der Waals surface area contributed by atoms with Crippen molar-refractivity contribution in [1.82, 2.24) is 0 Å². The van der Waals surface area contributed by atoms with Crippen LogP contribution in [-0.4, -0.2) is 5.97 Å². The number of esters is 1. The normalized spacial score (nSPS) is 10.2. The molecule has 76 valence electrons. The van der Waals surface area contributed by atoms with Gasteiger partial charge in [0.2, 0.25) is 0 Å². The standard InChI is InChI=1S/C11H8O4/c1-7(12)15-8-5-9-10(13)3-2-4-11(9)14-6-8/h2-6H,1H3. The zero-order valence-electron chi connectivity index (χ0n) is 8.02. The molecule has 0 bridgehead atoms. The molecular formula is C11H8O4. The van der Waals surface area contributed by atoms with Gasteiger partial charge in [0.1, 0.15) is 12.0 Å². The number of hydrogen-bond acceptors (Lipinski definition) is 4. The van der Waals surface area contributed by atoms with Crippen molar-refractivity contribution in [3.8, 4) is 17.1 Å². The summed E-state index contributed by atoms with van der Waals surface area (Å²) in [7, 11) is 0. The van der Waals surface area contributed by atoms with E-state index in [1.54, 1.807) is 12.1 Å². The van der Waals surface area contributed by atoms with Crippen molar-refractivity contribution in [1.29, 1.82) is 0 Å². The second-order valence-electron chi connectivity index (χ2n) is 3.04. The highest BCUT2D eigenvalue weighted by atomic mass is 16.5. The van der Waals surface area contributed by atoms with Gasteiger partial charge >= 0.3 is 5.97 Å². The van der Waals surface area contributed by atoms with E-state index in [0.717, 1.165) is 0 Å². The number of carbonyl (C=O) groups is 1. The fraction of sp³-hybridized carbons (Fsp3) is 0.0909. The fourth-order valence-electron chi connectivity index (χ4n) is 1.29. The van der Waals surface area contributed by atoms with Crippen molar-refractivity contribution in [2.45, 2.75) is 6.92 Å². The number of fused-ring (bicyclic) bond motifs is 1. The van der Waals surface area contributed by atoms with Crippen LogP contribution < -0.4 is 10.2 Å². The van der Waals surface area contributed by atoms with Crippen molar-refractivity contribution in [3.05, 3.63) is 40.8 Å². The van der Waals surface area contributed by atoms with Crippen molar-refractivity contribution in [2.24, 2.45) is 0 Å². The molecule has 2 rings (SSSR count). The van der Waals surface area contributed by atoms with Gasteiger partial charge in [-0.3, -0.25) is 9.59 Å². The molecule has 0 N–H and O–H groups in total. The van der Waals surface area contributed by atoms with Crippen LogP contribution in [0.3, 0.4) is 0 Å². The van der Waals surface area contributed by atoms with E-state index in [-0.39, 0.29) is 11.2 Å². The first-order valence-electron chi connectivity index (χ1n) is 4.37. The Bertz CT molecular complexity index is 527. The highest BCUT2D eigenvalue weighted by Crippen LogP contribution is 2.23. The van der Waals surface area contributed by atoms with Crippen molar-refractivity contribution >= 4 is 5.97 Å². The second kappa shape index (κ2) is 3.57. The molecule has 0 aromatic heterocycles. The lowest BCUT2D eigenvalue weighted by Crippen LogP contribution is -2.05. The van der Waals surface area contributed by atoms with Gasteiger partial charge in [-0.25, -0.2) is 0 Å². The molecule has 4 nitrogen and oxygen atoms in total. The topological polar surface area (TPSA) is 56.5 Å².